The summed E-state index contributed by atoms with van der Waals surface area (Å²) in [6, 6.07) is 0.247. The summed E-state index contributed by atoms with van der Waals surface area (Å²) in [6.07, 6.45) is 7.24. The summed E-state index contributed by atoms with van der Waals surface area (Å²) >= 11 is 0. The quantitative estimate of drug-likeness (QED) is 0.816. The summed E-state index contributed by atoms with van der Waals surface area (Å²) in [5, 5.41) is 3.20. The van der Waals surface area contributed by atoms with E-state index < -0.39 is 0 Å². The Morgan fingerprint density at radius 3 is 2.50 bits per heavy atom. The monoisotopic (exact) mass is 329 g/mol. The van der Waals surface area contributed by atoms with Crippen LogP contribution < -0.4 is 11.1 Å². The maximum Gasteiger partial charge on any atom is 0.225 e. The highest BCUT2D eigenvalue weighted by Crippen LogP contribution is 2.32. The summed E-state index contributed by atoms with van der Waals surface area (Å²) in [5.41, 5.74) is 5.78. The van der Waals surface area contributed by atoms with Gasteiger partial charge in [0, 0.05) is 25.0 Å². The Morgan fingerprint density at radius 1 is 1.05 bits per heavy atom. The minimum atomic E-state index is -0.0273. The number of rotatable bonds is 4. The lowest BCUT2D eigenvalue weighted by Gasteiger charge is -2.33. The van der Waals surface area contributed by atoms with Crippen LogP contribution in [0.25, 0.3) is 0 Å². The minimum Gasteiger partial charge on any atom is -0.353 e. The number of hydrogen-bond acceptors (Lipinski definition) is 3. The number of nitrogens with zero attached hydrogens (tertiary/aromatic N) is 1. The van der Waals surface area contributed by atoms with E-state index in [2.05, 4.69) is 5.32 Å². The molecule has 1 aliphatic heterocycles. The van der Waals surface area contributed by atoms with E-state index in [-0.39, 0.29) is 42.1 Å². The highest BCUT2D eigenvalue weighted by molar-refractivity contribution is 5.85. The summed E-state index contributed by atoms with van der Waals surface area (Å²) in [7, 11) is 0. The van der Waals surface area contributed by atoms with Gasteiger partial charge in [-0.3, -0.25) is 9.59 Å². The van der Waals surface area contributed by atoms with Gasteiger partial charge in [0.15, 0.2) is 0 Å². The first kappa shape index (κ1) is 17.5. The first-order valence-electron chi connectivity index (χ1n) is 8.48. The van der Waals surface area contributed by atoms with E-state index in [1.165, 1.54) is 0 Å². The van der Waals surface area contributed by atoms with Crippen molar-refractivity contribution in [3.63, 3.8) is 0 Å². The predicted octanol–water partition coefficient (Wildman–Crippen LogP) is 1.30. The van der Waals surface area contributed by atoms with Crippen LogP contribution in [0, 0.1) is 17.8 Å². The number of carbonyl (C=O) groups excluding carboxylic acids is 2. The second-order valence-electron chi connectivity index (χ2n) is 6.94. The number of nitrogens with two attached hydrogens (primary N) is 1. The topological polar surface area (TPSA) is 75.4 Å². The van der Waals surface area contributed by atoms with Gasteiger partial charge in [-0.1, -0.05) is 6.42 Å². The van der Waals surface area contributed by atoms with Gasteiger partial charge in [0.1, 0.15) is 0 Å². The lowest BCUT2D eigenvalue weighted by molar-refractivity contribution is -0.137. The van der Waals surface area contributed by atoms with Crippen molar-refractivity contribution < 1.29 is 9.59 Å². The van der Waals surface area contributed by atoms with Gasteiger partial charge in [-0.2, -0.15) is 0 Å². The van der Waals surface area contributed by atoms with Gasteiger partial charge in [-0.25, -0.2) is 0 Å². The zero-order valence-corrected chi connectivity index (χ0v) is 13.9. The number of halogens is 1. The van der Waals surface area contributed by atoms with Gasteiger partial charge in [0.25, 0.3) is 0 Å². The van der Waals surface area contributed by atoms with Crippen molar-refractivity contribution >= 4 is 24.2 Å². The Hall–Kier alpha value is -0.810. The van der Waals surface area contributed by atoms with Crippen LogP contribution in [0.5, 0.6) is 0 Å². The van der Waals surface area contributed by atoms with E-state index in [0.717, 1.165) is 51.5 Å². The van der Waals surface area contributed by atoms with Crippen molar-refractivity contribution in [2.24, 2.45) is 23.5 Å². The van der Waals surface area contributed by atoms with Crippen LogP contribution in [0.4, 0.5) is 0 Å². The molecule has 0 aromatic carbocycles. The molecule has 0 aromatic rings. The maximum absolute atomic E-state index is 12.5. The third-order valence-corrected chi connectivity index (χ3v) is 5.32. The van der Waals surface area contributed by atoms with E-state index >= 15 is 0 Å². The standard InChI is InChI=1S/C16H27N3O2.ClH/c17-9-12-3-1-5-14(12)18-15(20)13-4-2-8-19(10-13)16(21)11-6-7-11;/h11-14H,1-10,17H2,(H,18,20);1H. The molecule has 2 aliphatic carbocycles. The number of piperidine rings is 1. The molecule has 6 heteroatoms. The number of hydrogen-bond donors (Lipinski definition) is 2. The third-order valence-electron chi connectivity index (χ3n) is 5.32. The molecule has 1 saturated heterocycles. The van der Waals surface area contributed by atoms with Crippen LogP contribution in [0.15, 0.2) is 0 Å². The van der Waals surface area contributed by atoms with Crippen LogP contribution in [-0.2, 0) is 9.59 Å². The first-order valence-corrected chi connectivity index (χ1v) is 8.48. The SMILES string of the molecule is Cl.NCC1CCCC1NC(=O)C1CCCN(C(=O)C2CC2)C1. The Balaban J connectivity index is 0.00000176. The number of amides is 2. The van der Waals surface area contributed by atoms with Gasteiger partial charge in [0.2, 0.25) is 11.8 Å². The molecule has 3 unspecified atom stereocenters. The Labute approximate surface area is 138 Å². The van der Waals surface area contributed by atoms with Crippen LogP contribution in [0.2, 0.25) is 0 Å². The summed E-state index contributed by atoms with van der Waals surface area (Å²) in [5.74, 6) is 1.06. The summed E-state index contributed by atoms with van der Waals surface area (Å²) in [6.45, 7) is 2.09. The number of likely N-dealkylation sites (tertiary alicyclic amines) is 1. The lowest BCUT2D eigenvalue weighted by Crippen LogP contribution is -2.49. The fourth-order valence-electron chi connectivity index (χ4n) is 3.79. The molecular formula is C16H28ClN3O2. The van der Waals surface area contributed by atoms with Crippen molar-refractivity contribution in [2.45, 2.75) is 51.0 Å². The normalized spacial score (nSPS) is 31.5. The van der Waals surface area contributed by atoms with Crippen LogP contribution >= 0.6 is 12.4 Å². The maximum atomic E-state index is 12.5. The first-order chi connectivity index (χ1) is 10.2. The molecule has 2 amide bonds. The number of nitrogens with one attached hydrogen (secondary N) is 1. The molecule has 0 radical (unpaired) electrons. The second-order valence-corrected chi connectivity index (χ2v) is 6.94. The van der Waals surface area contributed by atoms with Gasteiger partial charge < -0.3 is 16.0 Å². The van der Waals surface area contributed by atoms with Crippen molar-refractivity contribution in [2.75, 3.05) is 19.6 Å². The molecule has 3 aliphatic rings. The molecule has 126 valence electrons. The summed E-state index contributed by atoms with van der Waals surface area (Å²) in [4.78, 5) is 26.5. The van der Waals surface area contributed by atoms with E-state index in [4.69, 9.17) is 5.73 Å². The van der Waals surface area contributed by atoms with E-state index in [9.17, 15) is 9.59 Å². The fraction of sp³-hybridized carbons (Fsp3) is 0.875. The average Bonchev–Trinajstić information content (AvgIpc) is 3.27. The fourth-order valence-corrected chi connectivity index (χ4v) is 3.79. The molecule has 0 aromatic heterocycles. The van der Waals surface area contributed by atoms with E-state index in [0.29, 0.717) is 19.0 Å². The smallest absolute Gasteiger partial charge is 0.225 e. The molecule has 0 bridgehead atoms. The second kappa shape index (κ2) is 7.64. The van der Waals surface area contributed by atoms with Crippen molar-refractivity contribution in [3.8, 4) is 0 Å². The molecule has 3 atom stereocenters. The van der Waals surface area contributed by atoms with Gasteiger partial charge in [0.05, 0.1) is 5.92 Å². The van der Waals surface area contributed by atoms with E-state index in [1.54, 1.807) is 0 Å². The Kier molecular flexibility index (Phi) is 6.09. The van der Waals surface area contributed by atoms with Gasteiger partial charge in [-0.15, -0.1) is 12.4 Å². The molecular weight excluding hydrogens is 302 g/mol. The summed E-state index contributed by atoms with van der Waals surface area (Å²) < 4.78 is 0. The Bertz CT molecular complexity index is 414. The van der Waals surface area contributed by atoms with Crippen LogP contribution in [0.1, 0.15) is 44.9 Å². The zero-order valence-electron chi connectivity index (χ0n) is 13.1. The Morgan fingerprint density at radius 2 is 1.82 bits per heavy atom. The molecule has 3 fully saturated rings. The molecule has 22 heavy (non-hydrogen) atoms. The molecule has 3 N–H and O–H groups in total. The average molecular weight is 330 g/mol. The van der Waals surface area contributed by atoms with Crippen LogP contribution in [0.3, 0.4) is 0 Å². The third kappa shape index (κ3) is 3.93. The lowest BCUT2D eigenvalue weighted by atomic mass is 9.95. The van der Waals surface area contributed by atoms with Crippen molar-refractivity contribution in [1.29, 1.82) is 0 Å². The molecule has 0 spiro atoms. The van der Waals surface area contributed by atoms with Gasteiger partial charge in [-0.05, 0) is 51.0 Å². The molecule has 5 nitrogen and oxygen atoms in total. The highest BCUT2D eigenvalue weighted by Gasteiger charge is 2.37. The van der Waals surface area contributed by atoms with Gasteiger partial charge >= 0.3 is 0 Å². The van der Waals surface area contributed by atoms with Crippen molar-refractivity contribution in [1.82, 2.24) is 10.2 Å². The van der Waals surface area contributed by atoms with Crippen molar-refractivity contribution in [3.05, 3.63) is 0 Å². The largest absolute Gasteiger partial charge is 0.353 e. The molecule has 3 rings (SSSR count). The highest BCUT2D eigenvalue weighted by atomic mass is 35.5. The molecule has 2 saturated carbocycles. The minimum absolute atomic E-state index is 0. The van der Waals surface area contributed by atoms with Crippen LogP contribution in [-0.4, -0.2) is 42.4 Å². The predicted molar refractivity (Wildman–Crippen MR) is 87.6 cm³/mol. The molecule has 1 heterocycles. The number of carbonyl (C=O) groups is 2. The zero-order chi connectivity index (χ0) is 14.8. The van der Waals surface area contributed by atoms with E-state index in [1.807, 2.05) is 4.90 Å².